The standard InChI is InChI=1S/C15H31N3O3.HI/c1-16-15(17-8-4-3-5-10-19-2)18-9-6-11-21-14-7-12-20-13-14;/h14H,3-13H2,1-2H3,(H2,16,17,18);1H. The van der Waals surface area contributed by atoms with Crippen LogP contribution in [0, 0.1) is 0 Å². The number of aliphatic imine (C=N–C) groups is 1. The first kappa shape index (κ1) is 21.9. The van der Waals surface area contributed by atoms with E-state index < -0.39 is 0 Å². The summed E-state index contributed by atoms with van der Waals surface area (Å²) < 4.78 is 16.0. The Bertz CT molecular complexity index is 275. The molecule has 0 aromatic heterocycles. The van der Waals surface area contributed by atoms with E-state index in [0.717, 1.165) is 71.2 Å². The molecule has 1 fully saturated rings. The number of methoxy groups -OCH3 is 1. The quantitative estimate of drug-likeness (QED) is 0.227. The highest BCUT2D eigenvalue weighted by atomic mass is 127. The summed E-state index contributed by atoms with van der Waals surface area (Å²) in [6.45, 7) is 5.02. The van der Waals surface area contributed by atoms with E-state index in [1.54, 1.807) is 14.2 Å². The Morgan fingerprint density at radius 1 is 1.14 bits per heavy atom. The molecule has 0 aliphatic carbocycles. The largest absolute Gasteiger partial charge is 0.385 e. The number of nitrogens with zero attached hydrogens (tertiary/aromatic N) is 1. The second kappa shape index (κ2) is 15.8. The van der Waals surface area contributed by atoms with E-state index >= 15 is 0 Å². The van der Waals surface area contributed by atoms with Crippen molar-refractivity contribution < 1.29 is 14.2 Å². The summed E-state index contributed by atoms with van der Waals surface area (Å²) in [5, 5.41) is 6.62. The van der Waals surface area contributed by atoms with Crippen LogP contribution in [0.2, 0.25) is 0 Å². The van der Waals surface area contributed by atoms with Crippen LogP contribution in [-0.2, 0) is 14.2 Å². The number of unbranched alkanes of at least 4 members (excludes halogenated alkanes) is 2. The van der Waals surface area contributed by atoms with Crippen LogP contribution in [0.15, 0.2) is 4.99 Å². The molecule has 0 saturated carbocycles. The predicted octanol–water partition coefficient (Wildman–Crippen LogP) is 1.78. The lowest BCUT2D eigenvalue weighted by atomic mass is 10.2. The van der Waals surface area contributed by atoms with Gasteiger partial charge in [0.2, 0.25) is 0 Å². The summed E-state index contributed by atoms with van der Waals surface area (Å²) in [6, 6.07) is 0. The van der Waals surface area contributed by atoms with Crippen LogP contribution in [0.1, 0.15) is 32.1 Å². The van der Waals surface area contributed by atoms with Crippen molar-refractivity contribution in [1.29, 1.82) is 0 Å². The Hall–Kier alpha value is -0.120. The zero-order valence-electron chi connectivity index (χ0n) is 13.9. The molecule has 1 aliphatic heterocycles. The molecule has 1 saturated heterocycles. The molecule has 0 radical (unpaired) electrons. The van der Waals surface area contributed by atoms with E-state index in [1.165, 1.54) is 6.42 Å². The van der Waals surface area contributed by atoms with Crippen molar-refractivity contribution in [3.63, 3.8) is 0 Å². The summed E-state index contributed by atoms with van der Waals surface area (Å²) in [5.41, 5.74) is 0. The SMILES string of the molecule is CN=C(NCCCCCOC)NCCCOC1CCOC1.I. The maximum absolute atomic E-state index is 5.72. The van der Waals surface area contributed by atoms with Crippen LogP contribution < -0.4 is 10.6 Å². The Labute approximate surface area is 151 Å². The first-order chi connectivity index (χ1) is 10.4. The Balaban J connectivity index is 0.00000441. The van der Waals surface area contributed by atoms with E-state index in [1.807, 2.05) is 0 Å². The van der Waals surface area contributed by atoms with Gasteiger partial charge in [-0.15, -0.1) is 24.0 Å². The summed E-state index contributed by atoms with van der Waals surface area (Å²) in [6.07, 6.45) is 5.73. The summed E-state index contributed by atoms with van der Waals surface area (Å²) in [5.74, 6) is 0.867. The zero-order chi connectivity index (χ0) is 15.2. The van der Waals surface area contributed by atoms with Crippen molar-refractivity contribution in [1.82, 2.24) is 10.6 Å². The minimum Gasteiger partial charge on any atom is -0.385 e. The van der Waals surface area contributed by atoms with Crippen molar-refractivity contribution in [3.8, 4) is 0 Å². The van der Waals surface area contributed by atoms with E-state index in [0.29, 0.717) is 6.10 Å². The fraction of sp³-hybridized carbons (Fsp3) is 0.933. The second-order valence-corrected chi connectivity index (χ2v) is 5.19. The van der Waals surface area contributed by atoms with Gasteiger partial charge in [-0.1, -0.05) is 0 Å². The second-order valence-electron chi connectivity index (χ2n) is 5.19. The van der Waals surface area contributed by atoms with Gasteiger partial charge in [0.25, 0.3) is 0 Å². The fourth-order valence-corrected chi connectivity index (χ4v) is 2.15. The molecule has 1 atom stereocenters. The molecule has 0 aromatic rings. The highest BCUT2D eigenvalue weighted by molar-refractivity contribution is 14.0. The maximum atomic E-state index is 5.72. The van der Waals surface area contributed by atoms with E-state index in [-0.39, 0.29) is 24.0 Å². The Morgan fingerprint density at radius 2 is 1.91 bits per heavy atom. The maximum Gasteiger partial charge on any atom is 0.190 e. The lowest BCUT2D eigenvalue weighted by Crippen LogP contribution is -2.38. The molecule has 7 heteroatoms. The van der Waals surface area contributed by atoms with Crippen molar-refractivity contribution in [2.45, 2.75) is 38.2 Å². The zero-order valence-corrected chi connectivity index (χ0v) is 16.3. The van der Waals surface area contributed by atoms with E-state index in [9.17, 15) is 0 Å². The van der Waals surface area contributed by atoms with Gasteiger partial charge < -0.3 is 24.8 Å². The van der Waals surface area contributed by atoms with Crippen LogP contribution in [0.5, 0.6) is 0 Å². The minimum absolute atomic E-state index is 0. The van der Waals surface area contributed by atoms with Gasteiger partial charge in [-0.3, -0.25) is 4.99 Å². The van der Waals surface area contributed by atoms with E-state index in [4.69, 9.17) is 14.2 Å². The fourth-order valence-electron chi connectivity index (χ4n) is 2.15. The van der Waals surface area contributed by atoms with Gasteiger partial charge >= 0.3 is 0 Å². The van der Waals surface area contributed by atoms with Gasteiger partial charge in [0.15, 0.2) is 5.96 Å². The van der Waals surface area contributed by atoms with Gasteiger partial charge in [-0.25, -0.2) is 0 Å². The molecular weight excluding hydrogens is 397 g/mol. The van der Waals surface area contributed by atoms with Crippen molar-refractivity contribution in [2.24, 2.45) is 4.99 Å². The smallest absolute Gasteiger partial charge is 0.190 e. The average molecular weight is 429 g/mol. The molecule has 22 heavy (non-hydrogen) atoms. The molecule has 1 aliphatic rings. The van der Waals surface area contributed by atoms with Crippen molar-refractivity contribution in [2.75, 3.05) is 53.7 Å². The van der Waals surface area contributed by atoms with Crippen LogP contribution in [0.25, 0.3) is 0 Å². The van der Waals surface area contributed by atoms with Crippen molar-refractivity contribution in [3.05, 3.63) is 0 Å². The average Bonchev–Trinajstić information content (AvgIpc) is 3.01. The summed E-state index contributed by atoms with van der Waals surface area (Å²) in [4.78, 5) is 4.21. The lowest BCUT2D eigenvalue weighted by molar-refractivity contribution is 0.0420. The third-order valence-corrected chi connectivity index (χ3v) is 3.40. The predicted molar refractivity (Wildman–Crippen MR) is 100 cm³/mol. The minimum atomic E-state index is 0. The van der Waals surface area contributed by atoms with Crippen LogP contribution in [-0.4, -0.2) is 65.7 Å². The van der Waals surface area contributed by atoms with Crippen LogP contribution in [0.4, 0.5) is 0 Å². The van der Waals surface area contributed by atoms with Gasteiger partial charge in [-0.05, 0) is 32.1 Å². The van der Waals surface area contributed by atoms with Crippen LogP contribution in [0.3, 0.4) is 0 Å². The van der Waals surface area contributed by atoms with Crippen molar-refractivity contribution >= 4 is 29.9 Å². The highest BCUT2D eigenvalue weighted by Gasteiger charge is 2.15. The normalized spacial score (nSPS) is 18.1. The molecule has 132 valence electrons. The van der Waals surface area contributed by atoms with E-state index in [2.05, 4.69) is 15.6 Å². The van der Waals surface area contributed by atoms with Gasteiger partial charge in [0.1, 0.15) is 0 Å². The van der Waals surface area contributed by atoms with Gasteiger partial charge in [0, 0.05) is 47.1 Å². The number of hydrogen-bond acceptors (Lipinski definition) is 4. The monoisotopic (exact) mass is 429 g/mol. The number of nitrogens with one attached hydrogen (secondary N) is 2. The molecule has 0 bridgehead atoms. The number of halogens is 1. The number of guanidine groups is 1. The summed E-state index contributed by atoms with van der Waals surface area (Å²) >= 11 is 0. The first-order valence-corrected chi connectivity index (χ1v) is 7.99. The molecule has 1 rings (SSSR count). The molecule has 1 unspecified atom stereocenters. The topological polar surface area (TPSA) is 64.1 Å². The molecule has 0 amide bonds. The number of rotatable bonds is 11. The van der Waals surface area contributed by atoms with Gasteiger partial charge in [0.05, 0.1) is 12.7 Å². The molecule has 0 spiro atoms. The molecule has 1 heterocycles. The Morgan fingerprint density at radius 3 is 2.55 bits per heavy atom. The molecule has 0 aromatic carbocycles. The Kier molecular flexibility index (Phi) is 15.7. The number of ether oxygens (including phenoxy) is 3. The van der Waals surface area contributed by atoms with Crippen LogP contribution >= 0.6 is 24.0 Å². The van der Waals surface area contributed by atoms with Gasteiger partial charge in [-0.2, -0.15) is 0 Å². The lowest BCUT2D eigenvalue weighted by Gasteiger charge is -2.13. The molecular formula is C15H32IN3O3. The third-order valence-electron chi connectivity index (χ3n) is 3.40. The number of hydrogen-bond donors (Lipinski definition) is 2. The third kappa shape index (κ3) is 11.4. The molecule has 2 N–H and O–H groups in total. The highest BCUT2D eigenvalue weighted by Crippen LogP contribution is 2.07. The first-order valence-electron chi connectivity index (χ1n) is 7.99. The summed E-state index contributed by atoms with van der Waals surface area (Å²) in [7, 11) is 3.54. The molecule has 6 nitrogen and oxygen atoms in total.